The van der Waals surface area contributed by atoms with E-state index >= 15 is 0 Å². The first kappa shape index (κ1) is 22.9. The molecular formula is C18H31IN6S. The quantitative estimate of drug-likeness (QED) is 0.370. The SMILES string of the molecule is CN=C(NCc1csc(C(C)C)n1)NC(C)Cc1c(C)nn(C)c1C.I. The molecule has 2 rings (SSSR count). The third kappa shape index (κ3) is 5.94. The minimum absolute atomic E-state index is 0. The number of hydrogen-bond acceptors (Lipinski definition) is 4. The van der Waals surface area contributed by atoms with Crippen molar-refractivity contribution in [3.63, 3.8) is 0 Å². The van der Waals surface area contributed by atoms with Crippen LogP contribution in [0.4, 0.5) is 0 Å². The van der Waals surface area contributed by atoms with Crippen LogP contribution >= 0.6 is 35.3 Å². The molecule has 0 fully saturated rings. The highest BCUT2D eigenvalue weighted by molar-refractivity contribution is 14.0. The molecule has 0 aliphatic rings. The molecule has 0 saturated carbocycles. The van der Waals surface area contributed by atoms with Crippen molar-refractivity contribution in [3.05, 3.63) is 33.0 Å². The molecule has 0 aromatic carbocycles. The van der Waals surface area contributed by atoms with Crippen molar-refractivity contribution >= 4 is 41.3 Å². The van der Waals surface area contributed by atoms with Gasteiger partial charge in [-0.2, -0.15) is 5.10 Å². The Morgan fingerprint density at radius 3 is 2.50 bits per heavy atom. The Balaban J connectivity index is 0.00000338. The summed E-state index contributed by atoms with van der Waals surface area (Å²) < 4.78 is 1.94. The van der Waals surface area contributed by atoms with Crippen molar-refractivity contribution in [2.45, 2.75) is 59.5 Å². The Morgan fingerprint density at radius 1 is 1.31 bits per heavy atom. The monoisotopic (exact) mass is 490 g/mol. The summed E-state index contributed by atoms with van der Waals surface area (Å²) in [6, 6.07) is 0.259. The molecule has 2 heterocycles. The lowest BCUT2D eigenvalue weighted by atomic mass is 10.1. The van der Waals surface area contributed by atoms with Crippen molar-refractivity contribution in [1.82, 2.24) is 25.4 Å². The molecule has 2 aromatic rings. The molecule has 146 valence electrons. The number of aryl methyl sites for hydroxylation is 2. The van der Waals surface area contributed by atoms with E-state index in [9.17, 15) is 0 Å². The van der Waals surface area contributed by atoms with E-state index in [1.165, 1.54) is 16.3 Å². The third-order valence-electron chi connectivity index (χ3n) is 4.28. The Kier molecular flexibility index (Phi) is 9.02. The molecule has 2 aromatic heterocycles. The van der Waals surface area contributed by atoms with Gasteiger partial charge in [0.2, 0.25) is 0 Å². The van der Waals surface area contributed by atoms with Gasteiger partial charge in [-0.1, -0.05) is 13.8 Å². The molecule has 6 nitrogen and oxygen atoms in total. The van der Waals surface area contributed by atoms with Crippen LogP contribution < -0.4 is 10.6 Å². The summed E-state index contributed by atoms with van der Waals surface area (Å²) in [7, 11) is 3.78. The fourth-order valence-electron chi connectivity index (χ4n) is 2.74. The van der Waals surface area contributed by atoms with Crippen LogP contribution in [0.25, 0.3) is 0 Å². The van der Waals surface area contributed by atoms with Gasteiger partial charge in [0, 0.05) is 37.1 Å². The predicted molar refractivity (Wildman–Crippen MR) is 121 cm³/mol. The van der Waals surface area contributed by atoms with E-state index in [0.29, 0.717) is 12.5 Å². The molecule has 0 spiro atoms. The summed E-state index contributed by atoms with van der Waals surface area (Å²) >= 11 is 1.72. The molecule has 0 radical (unpaired) electrons. The van der Waals surface area contributed by atoms with E-state index < -0.39 is 0 Å². The lowest BCUT2D eigenvalue weighted by molar-refractivity contribution is 0.634. The average Bonchev–Trinajstić information content (AvgIpc) is 3.12. The Bertz CT molecular complexity index is 734. The normalized spacial score (nSPS) is 12.8. The molecule has 0 amide bonds. The summed E-state index contributed by atoms with van der Waals surface area (Å²) in [5, 5.41) is 14.6. The second-order valence-corrected chi connectivity index (χ2v) is 7.67. The second-order valence-electron chi connectivity index (χ2n) is 6.78. The molecule has 1 atom stereocenters. The summed E-state index contributed by atoms with van der Waals surface area (Å²) in [4.78, 5) is 8.98. The number of thiazole rings is 1. The van der Waals surface area contributed by atoms with Gasteiger partial charge in [0.15, 0.2) is 5.96 Å². The Labute approximate surface area is 177 Å². The highest BCUT2D eigenvalue weighted by Crippen LogP contribution is 2.19. The Hall–Kier alpha value is -1.16. The summed E-state index contributed by atoms with van der Waals surface area (Å²) in [5.74, 6) is 1.27. The van der Waals surface area contributed by atoms with Gasteiger partial charge in [0.05, 0.1) is 22.9 Å². The first-order valence-corrected chi connectivity index (χ1v) is 9.60. The number of hydrogen-bond donors (Lipinski definition) is 2. The van der Waals surface area contributed by atoms with Gasteiger partial charge < -0.3 is 10.6 Å². The zero-order valence-corrected chi connectivity index (χ0v) is 19.9. The zero-order chi connectivity index (χ0) is 18.6. The number of nitrogens with one attached hydrogen (secondary N) is 2. The second kappa shape index (κ2) is 10.2. The number of aromatic nitrogens is 3. The molecule has 0 aliphatic heterocycles. The molecule has 2 N–H and O–H groups in total. The van der Waals surface area contributed by atoms with Gasteiger partial charge in [0.1, 0.15) is 0 Å². The van der Waals surface area contributed by atoms with E-state index in [1.54, 1.807) is 18.4 Å². The molecule has 26 heavy (non-hydrogen) atoms. The summed E-state index contributed by atoms with van der Waals surface area (Å²) in [6.45, 7) is 11.4. The largest absolute Gasteiger partial charge is 0.354 e. The maximum atomic E-state index is 4.65. The molecule has 0 bridgehead atoms. The minimum Gasteiger partial charge on any atom is -0.354 e. The molecule has 1 unspecified atom stereocenters. The van der Waals surface area contributed by atoms with Crippen LogP contribution in [0.3, 0.4) is 0 Å². The van der Waals surface area contributed by atoms with Crippen LogP contribution in [0, 0.1) is 13.8 Å². The van der Waals surface area contributed by atoms with Gasteiger partial charge in [-0.05, 0) is 32.8 Å². The minimum atomic E-state index is 0. The van der Waals surface area contributed by atoms with E-state index in [-0.39, 0.29) is 30.0 Å². The van der Waals surface area contributed by atoms with Crippen LogP contribution in [-0.4, -0.2) is 33.8 Å². The van der Waals surface area contributed by atoms with Crippen molar-refractivity contribution in [3.8, 4) is 0 Å². The lowest BCUT2D eigenvalue weighted by Gasteiger charge is -2.18. The molecule has 0 saturated heterocycles. The fraction of sp³-hybridized carbons (Fsp3) is 0.611. The number of nitrogens with zero attached hydrogens (tertiary/aromatic N) is 4. The molecule has 0 aliphatic carbocycles. The van der Waals surface area contributed by atoms with Gasteiger partial charge in [0.25, 0.3) is 0 Å². The Morgan fingerprint density at radius 2 is 2.00 bits per heavy atom. The number of rotatable bonds is 6. The standard InChI is InChI=1S/C18H30N6S.HI/c1-11(2)17-22-15(10-25-17)9-20-18(19-6)21-12(3)8-16-13(4)23-24(7)14(16)5;/h10-12H,8-9H2,1-7H3,(H2,19,20,21);1H. The van der Waals surface area contributed by atoms with E-state index in [0.717, 1.165) is 23.8 Å². The van der Waals surface area contributed by atoms with Crippen molar-refractivity contribution in [2.75, 3.05) is 7.05 Å². The first-order chi connectivity index (χ1) is 11.8. The first-order valence-electron chi connectivity index (χ1n) is 8.72. The lowest BCUT2D eigenvalue weighted by Crippen LogP contribution is -2.42. The smallest absolute Gasteiger partial charge is 0.191 e. The number of guanidine groups is 1. The number of aliphatic imine (C=N–C) groups is 1. The molecule has 8 heteroatoms. The van der Waals surface area contributed by atoms with Gasteiger partial charge in [-0.3, -0.25) is 9.67 Å². The molecular weight excluding hydrogens is 459 g/mol. The van der Waals surface area contributed by atoms with Crippen molar-refractivity contribution in [1.29, 1.82) is 0 Å². The maximum absolute atomic E-state index is 4.65. The van der Waals surface area contributed by atoms with Gasteiger partial charge in [-0.15, -0.1) is 35.3 Å². The van der Waals surface area contributed by atoms with Crippen LogP contribution in [0.15, 0.2) is 10.4 Å². The van der Waals surface area contributed by atoms with Crippen LogP contribution in [0.1, 0.15) is 54.3 Å². The zero-order valence-electron chi connectivity index (χ0n) is 16.8. The highest BCUT2D eigenvalue weighted by atomic mass is 127. The van der Waals surface area contributed by atoms with E-state index in [1.807, 2.05) is 11.7 Å². The summed E-state index contributed by atoms with van der Waals surface area (Å²) in [6.07, 6.45) is 0.917. The van der Waals surface area contributed by atoms with Crippen LogP contribution in [0.5, 0.6) is 0 Å². The van der Waals surface area contributed by atoms with Crippen LogP contribution in [0.2, 0.25) is 0 Å². The van der Waals surface area contributed by atoms with E-state index in [4.69, 9.17) is 0 Å². The van der Waals surface area contributed by atoms with Crippen molar-refractivity contribution in [2.24, 2.45) is 12.0 Å². The van der Waals surface area contributed by atoms with Crippen LogP contribution in [-0.2, 0) is 20.0 Å². The van der Waals surface area contributed by atoms with Gasteiger partial charge in [-0.25, -0.2) is 4.98 Å². The third-order valence-corrected chi connectivity index (χ3v) is 5.47. The summed E-state index contributed by atoms with van der Waals surface area (Å²) in [5.41, 5.74) is 4.68. The van der Waals surface area contributed by atoms with Gasteiger partial charge >= 0.3 is 0 Å². The predicted octanol–water partition coefficient (Wildman–Crippen LogP) is 3.53. The number of halogens is 1. The average molecular weight is 490 g/mol. The fourth-order valence-corrected chi connectivity index (χ4v) is 3.58. The maximum Gasteiger partial charge on any atom is 0.191 e. The topological polar surface area (TPSA) is 67.1 Å². The highest BCUT2D eigenvalue weighted by Gasteiger charge is 2.14. The van der Waals surface area contributed by atoms with Crippen molar-refractivity contribution < 1.29 is 0 Å². The van der Waals surface area contributed by atoms with E-state index in [2.05, 4.69) is 65.7 Å².